The number of amidine groups is 1. The summed E-state index contributed by atoms with van der Waals surface area (Å²) in [6.07, 6.45) is 6.97. The fourth-order valence-electron chi connectivity index (χ4n) is 2.71. The number of rotatable bonds is 3. The maximum Gasteiger partial charge on any atom is 0.251 e. The first kappa shape index (κ1) is 16.3. The molecule has 1 atom stereocenters. The van der Waals surface area contributed by atoms with E-state index in [9.17, 15) is 9.59 Å². The van der Waals surface area contributed by atoms with Crippen molar-refractivity contribution in [1.82, 2.24) is 4.90 Å². The van der Waals surface area contributed by atoms with Gasteiger partial charge in [-0.2, -0.15) is 4.99 Å². The number of fused-ring (bicyclic) bond motifs is 1. The highest BCUT2D eigenvalue weighted by molar-refractivity contribution is 6.31. The quantitative estimate of drug-likeness (QED) is 0.914. The molecule has 1 N–H and O–H groups in total. The molecule has 3 rings (SSSR count). The van der Waals surface area contributed by atoms with Crippen molar-refractivity contribution >= 4 is 34.9 Å². The Morgan fingerprint density at radius 1 is 1.42 bits per heavy atom. The van der Waals surface area contributed by atoms with Crippen LogP contribution in [-0.2, 0) is 9.59 Å². The van der Waals surface area contributed by atoms with Crippen molar-refractivity contribution in [2.24, 2.45) is 4.99 Å². The summed E-state index contributed by atoms with van der Waals surface area (Å²) in [4.78, 5) is 30.6. The second-order valence-electron chi connectivity index (χ2n) is 5.68. The van der Waals surface area contributed by atoms with Crippen molar-refractivity contribution < 1.29 is 14.3 Å². The molecule has 2 amide bonds. The summed E-state index contributed by atoms with van der Waals surface area (Å²) in [7, 11) is 1.51. The van der Waals surface area contributed by atoms with Gasteiger partial charge in [0.2, 0.25) is 0 Å². The Hall–Kier alpha value is -2.60. The van der Waals surface area contributed by atoms with Crippen molar-refractivity contribution in [3.8, 4) is 5.75 Å². The van der Waals surface area contributed by atoms with Gasteiger partial charge in [-0.1, -0.05) is 17.7 Å². The molecule has 7 heteroatoms. The minimum absolute atomic E-state index is 0.0244. The first-order valence-electron chi connectivity index (χ1n) is 7.35. The predicted molar refractivity (Wildman–Crippen MR) is 92.2 cm³/mol. The third-order valence-electron chi connectivity index (χ3n) is 4.00. The van der Waals surface area contributed by atoms with Crippen molar-refractivity contribution in [2.75, 3.05) is 12.4 Å². The lowest BCUT2D eigenvalue weighted by Crippen LogP contribution is -2.58. The third-order valence-corrected chi connectivity index (χ3v) is 4.24. The molecule has 0 radical (unpaired) electrons. The van der Waals surface area contributed by atoms with Gasteiger partial charge in [-0.25, -0.2) is 0 Å². The first-order chi connectivity index (χ1) is 11.4. The van der Waals surface area contributed by atoms with Crippen LogP contribution in [0.1, 0.15) is 13.3 Å². The summed E-state index contributed by atoms with van der Waals surface area (Å²) in [5.74, 6) is 0.256. The number of allylic oxidation sites excluding steroid dienone is 2. The lowest BCUT2D eigenvalue weighted by Gasteiger charge is -2.41. The highest BCUT2D eigenvalue weighted by Gasteiger charge is 2.45. The largest absolute Gasteiger partial charge is 0.495 e. The smallest absolute Gasteiger partial charge is 0.251 e. The van der Waals surface area contributed by atoms with Crippen molar-refractivity contribution in [2.45, 2.75) is 18.9 Å². The van der Waals surface area contributed by atoms with Crippen LogP contribution in [-0.4, -0.2) is 35.2 Å². The summed E-state index contributed by atoms with van der Waals surface area (Å²) in [5.41, 5.74) is -0.646. The van der Waals surface area contributed by atoms with E-state index in [2.05, 4.69) is 10.3 Å². The second kappa shape index (κ2) is 6.13. The summed E-state index contributed by atoms with van der Waals surface area (Å²) in [6.45, 7) is 1.70. The number of hydrogen-bond donors (Lipinski definition) is 1. The van der Waals surface area contributed by atoms with Crippen LogP contribution in [0.3, 0.4) is 0 Å². The number of methoxy groups -OCH3 is 1. The number of aliphatic imine (C=N–C) groups is 1. The van der Waals surface area contributed by atoms with Gasteiger partial charge in [0.05, 0.1) is 19.2 Å². The zero-order valence-electron chi connectivity index (χ0n) is 13.2. The van der Waals surface area contributed by atoms with E-state index in [1.54, 1.807) is 54.5 Å². The van der Waals surface area contributed by atoms with Crippen molar-refractivity contribution in [3.63, 3.8) is 0 Å². The Bertz CT molecular complexity index is 800. The average Bonchev–Trinajstić information content (AvgIpc) is 2.55. The lowest BCUT2D eigenvalue weighted by molar-refractivity contribution is -0.130. The number of nitrogens with one attached hydrogen (secondary N) is 1. The highest BCUT2D eigenvalue weighted by Crippen LogP contribution is 2.32. The molecule has 2 aliphatic heterocycles. The molecule has 0 aromatic heterocycles. The van der Waals surface area contributed by atoms with Gasteiger partial charge >= 0.3 is 0 Å². The molecule has 6 nitrogen and oxygen atoms in total. The van der Waals surface area contributed by atoms with Crippen LogP contribution in [0.2, 0.25) is 5.02 Å². The summed E-state index contributed by atoms with van der Waals surface area (Å²) >= 11 is 6.00. The van der Waals surface area contributed by atoms with Crippen molar-refractivity contribution in [1.29, 1.82) is 0 Å². The number of amides is 2. The fourth-order valence-corrected chi connectivity index (χ4v) is 2.89. The SMILES string of the molecule is COc1ccc(Cl)cc1NC(=O)C1(C)CC(=O)N=C2C=CC=CN21. The van der Waals surface area contributed by atoms with Crippen LogP contribution >= 0.6 is 11.6 Å². The number of hydrogen-bond acceptors (Lipinski definition) is 4. The number of benzene rings is 1. The Balaban J connectivity index is 1.93. The molecule has 0 fully saturated rings. The maximum absolute atomic E-state index is 13.0. The lowest BCUT2D eigenvalue weighted by atomic mass is 9.91. The molecule has 124 valence electrons. The molecule has 24 heavy (non-hydrogen) atoms. The highest BCUT2D eigenvalue weighted by atomic mass is 35.5. The fraction of sp³-hybridized carbons (Fsp3) is 0.235. The van der Waals surface area contributed by atoms with E-state index in [1.807, 2.05) is 0 Å². The molecule has 1 unspecified atom stereocenters. The first-order valence-corrected chi connectivity index (χ1v) is 7.72. The van der Waals surface area contributed by atoms with Crippen LogP contribution in [0.25, 0.3) is 0 Å². The van der Waals surface area contributed by atoms with Crippen molar-refractivity contribution in [3.05, 3.63) is 47.6 Å². The molecular formula is C17H16ClN3O3. The normalized spacial score (nSPS) is 22.0. The predicted octanol–water partition coefficient (Wildman–Crippen LogP) is 2.76. The molecule has 2 aliphatic rings. The van der Waals surface area contributed by atoms with E-state index < -0.39 is 5.54 Å². The molecule has 0 spiro atoms. The Labute approximate surface area is 144 Å². The second-order valence-corrected chi connectivity index (χ2v) is 6.12. The van der Waals surface area contributed by atoms with Gasteiger partial charge in [0.25, 0.3) is 11.8 Å². The van der Waals surface area contributed by atoms with Crippen LogP contribution in [0.5, 0.6) is 5.75 Å². The third kappa shape index (κ3) is 2.80. The number of carbonyl (C=O) groups is 2. The van der Waals surface area contributed by atoms with E-state index in [0.717, 1.165) is 0 Å². The van der Waals surface area contributed by atoms with Crippen LogP contribution in [0, 0.1) is 0 Å². The van der Waals surface area contributed by atoms with Crippen LogP contribution in [0.15, 0.2) is 47.6 Å². The molecule has 1 aromatic rings. The number of carbonyl (C=O) groups excluding carboxylic acids is 2. The van der Waals surface area contributed by atoms with Gasteiger partial charge in [0, 0.05) is 11.2 Å². The van der Waals surface area contributed by atoms with E-state index >= 15 is 0 Å². The summed E-state index contributed by atoms with van der Waals surface area (Å²) in [6, 6.07) is 4.95. The molecule has 0 aliphatic carbocycles. The topological polar surface area (TPSA) is 71.0 Å². The number of nitrogens with zero attached hydrogens (tertiary/aromatic N) is 2. The van der Waals surface area contributed by atoms with E-state index in [0.29, 0.717) is 22.3 Å². The van der Waals surface area contributed by atoms with Gasteiger partial charge < -0.3 is 15.0 Å². The zero-order chi connectivity index (χ0) is 17.3. The molecule has 0 saturated carbocycles. The number of ether oxygens (including phenoxy) is 1. The van der Waals surface area contributed by atoms with Gasteiger partial charge in [0.1, 0.15) is 17.1 Å². The monoisotopic (exact) mass is 345 g/mol. The Morgan fingerprint density at radius 2 is 2.21 bits per heavy atom. The molecule has 2 heterocycles. The number of anilines is 1. The standard InChI is InChI=1S/C17H16ClN3O3/c1-17(10-15(22)20-14-5-3-4-8-21(14)17)16(23)19-12-9-11(18)6-7-13(12)24-2/h3-9H,10H2,1-2H3,(H,19,23). The molecule has 1 aromatic carbocycles. The van der Waals surface area contributed by atoms with E-state index in [-0.39, 0.29) is 18.2 Å². The van der Waals surface area contributed by atoms with Crippen LogP contribution in [0.4, 0.5) is 5.69 Å². The van der Waals surface area contributed by atoms with Gasteiger partial charge in [0.15, 0.2) is 0 Å². The molecule has 0 bridgehead atoms. The van der Waals surface area contributed by atoms with Gasteiger partial charge in [-0.15, -0.1) is 0 Å². The molecule has 0 saturated heterocycles. The van der Waals surface area contributed by atoms with E-state index in [4.69, 9.17) is 16.3 Å². The Morgan fingerprint density at radius 3 is 2.96 bits per heavy atom. The van der Waals surface area contributed by atoms with Gasteiger partial charge in [-0.05, 0) is 37.3 Å². The van der Waals surface area contributed by atoms with Gasteiger partial charge in [-0.3, -0.25) is 9.59 Å². The van der Waals surface area contributed by atoms with E-state index in [1.165, 1.54) is 7.11 Å². The zero-order valence-corrected chi connectivity index (χ0v) is 14.0. The Kier molecular flexibility index (Phi) is 4.15. The minimum Gasteiger partial charge on any atom is -0.495 e. The molecular weight excluding hydrogens is 330 g/mol. The average molecular weight is 346 g/mol. The minimum atomic E-state index is -1.09. The van der Waals surface area contributed by atoms with Crippen LogP contribution < -0.4 is 10.1 Å². The summed E-state index contributed by atoms with van der Waals surface area (Å²) in [5, 5.41) is 3.28. The summed E-state index contributed by atoms with van der Waals surface area (Å²) < 4.78 is 5.25. The maximum atomic E-state index is 13.0. The number of halogens is 1.